The Hall–Kier alpha value is -2.73. The molecule has 0 atom stereocenters. The Kier molecular flexibility index (Phi) is 7.14. The minimum Gasteiger partial charge on any atom is -0.464 e. The number of carbonyl (C=O) groups excluding carboxylic acids is 2. The molecule has 0 fully saturated rings. The number of carbonyl (C=O) groups is 2. The fourth-order valence-electron chi connectivity index (χ4n) is 2.76. The maximum atomic E-state index is 12.0. The van der Waals surface area contributed by atoms with Gasteiger partial charge in [-0.3, -0.25) is 9.59 Å². The van der Waals surface area contributed by atoms with Gasteiger partial charge in [0.25, 0.3) is 5.91 Å². The first kappa shape index (κ1) is 20.0. The quantitative estimate of drug-likeness (QED) is 0.438. The van der Waals surface area contributed by atoms with Gasteiger partial charge >= 0.3 is 5.97 Å². The SMILES string of the molecule is Cc1ccc2c(CC(=O)OCC(=O)NCCSCc3ccccc3)coc2c1. The molecule has 2 aromatic carbocycles. The molecule has 5 nitrogen and oxygen atoms in total. The van der Waals surface area contributed by atoms with Crippen LogP contribution in [0.25, 0.3) is 11.0 Å². The summed E-state index contributed by atoms with van der Waals surface area (Å²) < 4.78 is 10.6. The van der Waals surface area contributed by atoms with Crippen LogP contribution in [0.4, 0.5) is 0 Å². The Morgan fingerprint density at radius 3 is 2.79 bits per heavy atom. The summed E-state index contributed by atoms with van der Waals surface area (Å²) in [5, 5.41) is 3.65. The predicted octanol–water partition coefficient (Wildman–Crippen LogP) is 3.88. The average Bonchev–Trinajstić information content (AvgIpc) is 3.08. The summed E-state index contributed by atoms with van der Waals surface area (Å²) in [5.41, 5.74) is 3.86. The van der Waals surface area contributed by atoms with Crippen LogP contribution < -0.4 is 5.32 Å². The van der Waals surface area contributed by atoms with Crippen LogP contribution in [0.3, 0.4) is 0 Å². The first-order chi connectivity index (χ1) is 13.6. The smallest absolute Gasteiger partial charge is 0.310 e. The zero-order valence-corrected chi connectivity index (χ0v) is 16.6. The van der Waals surface area contributed by atoms with E-state index in [4.69, 9.17) is 9.15 Å². The maximum Gasteiger partial charge on any atom is 0.310 e. The minimum absolute atomic E-state index is 0.0796. The van der Waals surface area contributed by atoms with E-state index in [1.165, 1.54) is 5.56 Å². The van der Waals surface area contributed by atoms with Crippen LogP contribution in [-0.2, 0) is 26.5 Å². The summed E-state index contributed by atoms with van der Waals surface area (Å²) in [6.07, 6.45) is 1.64. The summed E-state index contributed by atoms with van der Waals surface area (Å²) in [7, 11) is 0. The molecule has 0 aliphatic heterocycles. The summed E-state index contributed by atoms with van der Waals surface area (Å²) in [4.78, 5) is 23.8. The molecule has 0 saturated heterocycles. The van der Waals surface area contributed by atoms with Gasteiger partial charge in [-0.2, -0.15) is 11.8 Å². The highest BCUT2D eigenvalue weighted by Gasteiger charge is 2.13. The number of hydrogen-bond donors (Lipinski definition) is 1. The number of furan rings is 1. The van der Waals surface area contributed by atoms with E-state index in [0.29, 0.717) is 6.54 Å². The number of esters is 1. The van der Waals surface area contributed by atoms with Crippen molar-refractivity contribution in [3.8, 4) is 0 Å². The second kappa shape index (κ2) is 9.99. The number of thioether (sulfide) groups is 1. The third kappa shape index (κ3) is 5.89. The first-order valence-electron chi connectivity index (χ1n) is 9.12. The molecular formula is C22H23NO4S. The Labute approximate surface area is 168 Å². The largest absolute Gasteiger partial charge is 0.464 e. The molecule has 3 aromatic rings. The van der Waals surface area contributed by atoms with Crippen molar-refractivity contribution in [3.05, 3.63) is 71.5 Å². The van der Waals surface area contributed by atoms with Crippen LogP contribution in [0.2, 0.25) is 0 Å². The molecule has 0 aliphatic carbocycles. The number of aryl methyl sites for hydroxylation is 1. The lowest BCUT2D eigenvalue weighted by molar-refractivity contribution is -0.147. The summed E-state index contributed by atoms with van der Waals surface area (Å²) in [5.74, 6) is 0.969. The molecule has 1 N–H and O–H groups in total. The van der Waals surface area contributed by atoms with Crippen molar-refractivity contribution in [1.29, 1.82) is 0 Å². The molecule has 6 heteroatoms. The van der Waals surface area contributed by atoms with Gasteiger partial charge in [0.05, 0.1) is 12.7 Å². The molecule has 0 bridgehead atoms. The molecule has 0 aliphatic rings. The molecule has 0 radical (unpaired) electrons. The second-order valence-corrected chi connectivity index (χ2v) is 7.59. The summed E-state index contributed by atoms with van der Waals surface area (Å²) >= 11 is 1.74. The third-order valence-corrected chi connectivity index (χ3v) is 5.22. The third-order valence-electron chi connectivity index (χ3n) is 4.19. The van der Waals surface area contributed by atoms with E-state index in [-0.39, 0.29) is 18.9 Å². The normalized spacial score (nSPS) is 10.8. The lowest BCUT2D eigenvalue weighted by atomic mass is 10.1. The first-order valence-corrected chi connectivity index (χ1v) is 10.3. The topological polar surface area (TPSA) is 68.5 Å². The van der Waals surface area contributed by atoms with Gasteiger partial charge in [-0.1, -0.05) is 42.5 Å². The maximum absolute atomic E-state index is 12.0. The average molecular weight is 397 g/mol. The van der Waals surface area contributed by atoms with Crippen LogP contribution in [-0.4, -0.2) is 30.8 Å². The molecule has 0 spiro atoms. The highest BCUT2D eigenvalue weighted by molar-refractivity contribution is 7.98. The van der Waals surface area contributed by atoms with E-state index in [2.05, 4.69) is 17.4 Å². The highest BCUT2D eigenvalue weighted by atomic mass is 32.2. The molecule has 146 valence electrons. The van der Waals surface area contributed by atoms with Gasteiger partial charge in [-0.25, -0.2) is 0 Å². The minimum atomic E-state index is -0.447. The number of hydrogen-bond acceptors (Lipinski definition) is 5. The number of rotatable bonds is 9. The van der Waals surface area contributed by atoms with Crippen molar-refractivity contribution in [2.24, 2.45) is 0 Å². The predicted molar refractivity (Wildman–Crippen MR) is 111 cm³/mol. The lowest BCUT2D eigenvalue weighted by Gasteiger charge is -2.06. The number of nitrogens with one attached hydrogen (secondary N) is 1. The van der Waals surface area contributed by atoms with Gasteiger partial charge in [0, 0.05) is 29.0 Å². The summed E-state index contributed by atoms with van der Waals surface area (Å²) in [6, 6.07) is 16.0. The molecule has 3 rings (SSSR count). The Balaban J connectivity index is 1.33. The van der Waals surface area contributed by atoms with Crippen LogP contribution >= 0.6 is 11.8 Å². The fraction of sp³-hybridized carbons (Fsp3) is 0.273. The van der Waals surface area contributed by atoms with E-state index >= 15 is 0 Å². The van der Waals surface area contributed by atoms with Crippen LogP contribution in [0, 0.1) is 6.92 Å². The Bertz CT molecular complexity index is 936. The lowest BCUT2D eigenvalue weighted by Crippen LogP contribution is -2.30. The van der Waals surface area contributed by atoms with Crippen molar-refractivity contribution in [2.75, 3.05) is 18.9 Å². The monoisotopic (exact) mass is 397 g/mol. The number of fused-ring (bicyclic) bond motifs is 1. The van der Waals surface area contributed by atoms with Gasteiger partial charge in [0.1, 0.15) is 5.58 Å². The second-order valence-electron chi connectivity index (χ2n) is 6.49. The van der Waals surface area contributed by atoms with E-state index in [0.717, 1.165) is 33.6 Å². The number of amides is 1. The van der Waals surface area contributed by atoms with Gasteiger partial charge in [-0.15, -0.1) is 0 Å². The van der Waals surface area contributed by atoms with Crippen LogP contribution in [0.15, 0.2) is 59.2 Å². The van der Waals surface area contributed by atoms with Crippen molar-refractivity contribution in [3.63, 3.8) is 0 Å². The van der Waals surface area contributed by atoms with Crippen molar-refractivity contribution in [2.45, 2.75) is 19.1 Å². The molecule has 28 heavy (non-hydrogen) atoms. The van der Waals surface area contributed by atoms with Gasteiger partial charge in [0.15, 0.2) is 6.61 Å². The standard InChI is InChI=1S/C22H23NO4S/c1-16-7-8-19-18(13-26-20(19)11-16)12-22(25)27-14-21(24)23-9-10-28-15-17-5-3-2-4-6-17/h2-8,11,13H,9-10,12,14-15H2,1H3,(H,23,24). The zero-order valence-electron chi connectivity index (χ0n) is 15.8. The van der Waals surface area contributed by atoms with Gasteiger partial charge < -0.3 is 14.5 Å². The van der Waals surface area contributed by atoms with Crippen molar-refractivity contribution in [1.82, 2.24) is 5.32 Å². The molecular weight excluding hydrogens is 374 g/mol. The molecule has 1 aromatic heterocycles. The van der Waals surface area contributed by atoms with Gasteiger partial charge in [-0.05, 0) is 24.1 Å². The van der Waals surface area contributed by atoms with Crippen LogP contribution in [0.5, 0.6) is 0 Å². The van der Waals surface area contributed by atoms with E-state index in [9.17, 15) is 9.59 Å². The Morgan fingerprint density at radius 2 is 1.96 bits per heavy atom. The molecule has 0 unspecified atom stereocenters. The molecule has 1 heterocycles. The molecule has 1 amide bonds. The fourth-order valence-corrected chi connectivity index (χ4v) is 3.58. The zero-order chi connectivity index (χ0) is 19.8. The van der Waals surface area contributed by atoms with E-state index < -0.39 is 5.97 Å². The van der Waals surface area contributed by atoms with Crippen molar-refractivity contribution >= 4 is 34.6 Å². The Morgan fingerprint density at radius 1 is 1.14 bits per heavy atom. The van der Waals surface area contributed by atoms with Crippen molar-refractivity contribution < 1.29 is 18.7 Å². The van der Waals surface area contributed by atoms with E-state index in [1.54, 1.807) is 18.0 Å². The highest BCUT2D eigenvalue weighted by Crippen LogP contribution is 2.22. The van der Waals surface area contributed by atoms with Crippen LogP contribution in [0.1, 0.15) is 16.7 Å². The summed E-state index contributed by atoms with van der Waals surface area (Å²) in [6.45, 7) is 2.26. The van der Waals surface area contributed by atoms with Gasteiger partial charge in [0.2, 0.25) is 0 Å². The number of benzene rings is 2. The van der Waals surface area contributed by atoms with E-state index in [1.807, 2.05) is 43.3 Å². The number of ether oxygens (including phenoxy) is 1. The molecule has 0 saturated carbocycles.